The van der Waals surface area contributed by atoms with E-state index in [4.69, 9.17) is 0 Å². The van der Waals surface area contributed by atoms with Gasteiger partial charge in [0, 0.05) is 25.5 Å². The highest BCUT2D eigenvalue weighted by Crippen LogP contribution is 2.17. The third-order valence-electron chi connectivity index (χ3n) is 2.24. The van der Waals surface area contributed by atoms with Gasteiger partial charge in [0.25, 0.3) is 0 Å². The zero-order chi connectivity index (χ0) is 13.0. The predicted octanol–water partition coefficient (Wildman–Crippen LogP) is 0.622. The van der Waals surface area contributed by atoms with E-state index in [2.05, 4.69) is 25.5 Å². The molecule has 0 saturated carbocycles. The molecule has 0 saturated heterocycles. The minimum Gasteiger partial charge on any atom is -0.354 e. The molecule has 0 amide bonds. The third-order valence-corrected chi connectivity index (χ3v) is 3.30. The summed E-state index contributed by atoms with van der Waals surface area (Å²) < 4.78 is 1.47. The first-order valence-electron chi connectivity index (χ1n) is 5.50. The van der Waals surface area contributed by atoms with Crippen molar-refractivity contribution < 1.29 is 0 Å². The van der Waals surface area contributed by atoms with Crippen molar-refractivity contribution in [3.05, 3.63) is 28.4 Å². The summed E-state index contributed by atoms with van der Waals surface area (Å²) in [5.41, 5.74) is 0.676. The van der Waals surface area contributed by atoms with Crippen molar-refractivity contribution in [2.75, 3.05) is 11.9 Å². The summed E-state index contributed by atoms with van der Waals surface area (Å²) in [6, 6.07) is 1.85. The molecule has 0 spiro atoms. The Labute approximate surface area is 108 Å². The maximum atomic E-state index is 11.2. The monoisotopic (exact) mass is 266 g/mol. The molecule has 2 rings (SSSR count). The minimum absolute atomic E-state index is 0.214. The van der Waals surface area contributed by atoms with Gasteiger partial charge in [-0.3, -0.25) is 4.57 Å². The van der Waals surface area contributed by atoms with Gasteiger partial charge in [-0.2, -0.15) is 0 Å². The zero-order valence-corrected chi connectivity index (χ0v) is 11.0. The summed E-state index contributed by atoms with van der Waals surface area (Å²) in [5.74, 6) is 1.26. The van der Waals surface area contributed by atoms with E-state index in [0.717, 1.165) is 12.2 Å². The van der Waals surface area contributed by atoms with E-state index in [1.807, 2.05) is 13.0 Å². The summed E-state index contributed by atoms with van der Waals surface area (Å²) in [7, 11) is 1.68. The lowest BCUT2D eigenvalue weighted by atomic mass is 10.4. The number of nitrogens with one attached hydrogen (secondary N) is 2. The molecule has 0 atom stereocenters. The van der Waals surface area contributed by atoms with Gasteiger partial charge in [0.2, 0.25) is 5.95 Å². The van der Waals surface area contributed by atoms with Gasteiger partial charge in [0.05, 0.1) is 5.69 Å². The molecule has 0 bridgehead atoms. The van der Waals surface area contributed by atoms with Crippen LogP contribution in [0, 0.1) is 0 Å². The van der Waals surface area contributed by atoms with Crippen LogP contribution >= 0.6 is 11.8 Å². The summed E-state index contributed by atoms with van der Waals surface area (Å²) in [4.78, 5) is 19.6. The van der Waals surface area contributed by atoms with Crippen molar-refractivity contribution in [3.63, 3.8) is 0 Å². The Morgan fingerprint density at radius 3 is 3.06 bits per heavy atom. The number of thioether (sulfide) groups is 1. The molecule has 2 aromatic rings. The van der Waals surface area contributed by atoms with Crippen LogP contribution in [0.3, 0.4) is 0 Å². The second kappa shape index (κ2) is 5.67. The van der Waals surface area contributed by atoms with Gasteiger partial charge in [-0.1, -0.05) is 11.8 Å². The van der Waals surface area contributed by atoms with E-state index in [1.54, 1.807) is 13.2 Å². The van der Waals surface area contributed by atoms with Crippen molar-refractivity contribution in [2.24, 2.45) is 7.05 Å². The van der Waals surface area contributed by atoms with Crippen LogP contribution in [-0.4, -0.2) is 31.3 Å². The van der Waals surface area contributed by atoms with Gasteiger partial charge in [-0.05, 0) is 13.0 Å². The highest BCUT2D eigenvalue weighted by atomic mass is 32.2. The largest absolute Gasteiger partial charge is 0.354 e. The number of aromatic amines is 1. The highest BCUT2D eigenvalue weighted by Gasteiger charge is 2.06. The minimum atomic E-state index is -0.214. The van der Waals surface area contributed by atoms with Gasteiger partial charge in [-0.15, -0.1) is 5.10 Å². The first-order valence-corrected chi connectivity index (χ1v) is 6.49. The van der Waals surface area contributed by atoms with Gasteiger partial charge in [0.1, 0.15) is 0 Å². The number of anilines is 1. The first kappa shape index (κ1) is 12.6. The van der Waals surface area contributed by atoms with Crippen molar-refractivity contribution >= 4 is 17.7 Å². The van der Waals surface area contributed by atoms with E-state index in [9.17, 15) is 4.79 Å². The molecule has 7 nitrogen and oxygen atoms in total. The predicted molar refractivity (Wildman–Crippen MR) is 69.6 cm³/mol. The van der Waals surface area contributed by atoms with E-state index < -0.39 is 0 Å². The third kappa shape index (κ3) is 2.89. The van der Waals surface area contributed by atoms with E-state index in [1.165, 1.54) is 16.3 Å². The maximum absolute atomic E-state index is 11.2. The molecular formula is C10H14N6OS. The quantitative estimate of drug-likeness (QED) is 0.771. The summed E-state index contributed by atoms with van der Waals surface area (Å²) >= 11 is 1.45. The average molecular weight is 266 g/mol. The second-order valence-electron chi connectivity index (χ2n) is 3.56. The molecule has 2 N–H and O–H groups in total. The van der Waals surface area contributed by atoms with Gasteiger partial charge in [-0.25, -0.2) is 19.9 Å². The van der Waals surface area contributed by atoms with Crippen LogP contribution in [0.1, 0.15) is 12.6 Å². The smallest absolute Gasteiger partial charge is 0.343 e. The van der Waals surface area contributed by atoms with Crippen molar-refractivity contribution in [1.82, 2.24) is 24.7 Å². The Kier molecular flexibility index (Phi) is 3.98. The fraction of sp³-hybridized carbons (Fsp3) is 0.400. The lowest BCUT2D eigenvalue weighted by molar-refractivity contribution is 0.765. The van der Waals surface area contributed by atoms with Crippen LogP contribution < -0.4 is 11.0 Å². The molecular weight excluding hydrogens is 252 g/mol. The molecule has 0 aliphatic rings. The number of nitrogens with zero attached hydrogens (tertiary/aromatic N) is 4. The number of hydrogen-bond acceptors (Lipinski definition) is 6. The SMILES string of the molecule is CCNc1nccc(CSc2n[nH]c(=O)n2C)n1. The standard InChI is InChI=1S/C10H14N6OS/c1-3-11-8-12-5-4-7(13-8)6-18-10-15-14-9(17)16(10)2/h4-5H,3,6H2,1-2H3,(H,14,17)(H,11,12,13). The Balaban J connectivity index is 2.04. The lowest BCUT2D eigenvalue weighted by Gasteiger charge is -2.03. The van der Waals surface area contributed by atoms with Crippen molar-refractivity contribution in [3.8, 4) is 0 Å². The fourth-order valence-electron chi connectivity index (χ4n) is 1.32. The molecule has 0 fully saturated rings. The zero-order valence-electron chi connectivity index (χ0n) is 10.2. The van der Waals surface area contributed by atoms with Crippen LogP contribution in [0.5, 0.6) is 0 Å². The fourth-order valence-corrected chi connectivity index (χ4v) is 2.14. The number of aromatic nitrogens is 5. The topological polar surface area (TPSA) is 88.5 Å². The first-order chi connectivity index (χ1) is 8.70. The van der Waals surface area contributed by atoms with E-state index >= 15 is 0 Å². The molecule has 0 aliphatic carbocycles. The normalized spacial score (nSPS) is 10.6. The molecule has 8 heteroatoms. The molecule has 2 heterocycles. The van der Waals surface area contributed by atoms with E-state index in [0.29, 0.717) is 16.9 Å². The maximum Gasteiger partial charge on any atom is 0.343 e. The second-order valence-corrected chi connectivity index (χ2v) is 4.50. The summed E-state index contributed by atoms with van der Waals surface area (Å²) in [6.07, 6.45) is 1.71. The van der Waals surface area contributed by atoms with Gasteiger partial charge < -0.3 is 5.32 Å². The van der Waals surface area contributed by atoms with Crippen molar-refractivity contribution in [2.45, 2.75) is 17.8 Å². The lowest BCUT2D eigenvalue weighted by Crippen LogP contribution is -2.12. The van der Waals surface area contributed by atoms with Crippen LogP contribution in [0.4, 0.5) is 5.95 Å². The molecule has 18 heavy (non-hydrogen) atoms. The number of rotatable bonds is 5. The van der Waals surface area contributed by atoms with Crippen molar-refractivity contribution in [1.29, 1.82) is 0 Å². The van der Waals surface area contributed by atoms with Gasteiger partial charge in [0.15, 0.2) is 5.16 Å². The number of hydrogen-bond donors (Lipinski definition) is 2. The summed E-state index contributed by atoms with van der Waals surface area (Å²) in [6.45, 7) is 2.77. The Morgan fingerprint density at radius 1 is 1.56 bits per heavy atom. The average Bonchev–Trinajstić information content (AvgIpc) is 2.69. The van der Waals surface area contributed by atoms with Gasteiger partial charge >= 0.3 is 5.69 Å². The molecule has 0 radical (unpaired) electrons. The van der Waals surface area contributed by atoms with Crippen LogP contribution in [0.25, 0.3) is 0 Å². The van der Waals surface area contributed by atoms with Crippen LogP contribution in [-0.2, 0) is 12.8 Å². The van der Waals surface area contributed by atoms with Crippen LogP contribution in [0.15, 0.2) is 22.2 Å². The molecule has 0 unspecified atom stereocenters. The molecule has 96 valence electrons. The Morgan fingerprint density at radius 2 is 2.39 bits per heavy atom. The molecule has 2 aromatic heterocycles. The molecule has 0 aromatic carbocycles. The molecule has 0 aliphatic heterocycles. The van der Waals surface area contributed by atoms with Crippen LogP contribution in [0.2, 0.25) is 0 Å². The highest BCUT2D eigenvalue weighted by molar-refractivity contribution is 7.98. The number of H-pyrrole nitrogens is 1. The Bertz CT molecular complexity index is 578. The van der Waals surface area contributed by atoms with E-state index in [-0.39, 0.29) is 5.69 Å². The summed E-state index contributed by atoms with van der Waals surface area (Å²) in [5, 5.41) is 10.0. The Hall–Kier alpha value is -1.83.